The molecule has 0 fully saturated rings. The molecule has 0 aromatic heterocycles. The van der Waals surface area contributed by atoms with E-state index in [1.165, 1.54) is 25.5 Å². The number of nitrogens with one attached hydrogen (secondary N) is 2. The zero-order valence-corrected chi connectivity index (χ0v) is 20.9. The number of benzene rings is 3. The van der Waals surface area contributed by atoms with Crippen molar-refractivity contribution in [2.45, 2.75) is 24.3 Å². The number of nitrogens with zero attached hydrogens (tertiary/aromatic N) is 1. The summed E-state index contributed by atoms with van der Waals surface area (Å²) in [6, 6.07) is 17.6. The maximum absolute atomic E-state index is 12.9. The highest BCUT2D eigenvalue weighted by Crippen LogP contribution is 2.32. The summed E-state index contributed by atoms with van der Waals surface area (Å²) < 4.78 is 34.2. The Morgan fingerprint density at radius 2 is 1.82 bits per heavy atom. The molecule has 1 amide bonds. The molecule has 3 rings (SSSR count). The van der Waals surface area contributed by atoms with Gasteiger partial charge >= 0.3 is 0 Å². The number of phenolic OH excluding ortho intramolecular Hbond substituents is 1. The topological polar surface area (TPSA) is 117 Å². The van der Waals surface area contributed by atoms with Gasteiger partial charge in [-0.2, -0.15) is 5.10 Å². The number of phenols is 1. The molecule has 3 N–H and O–H groups in total. The Hall–Kier alpha value is -3.21. The summed E-state index contributed by atoms with van der Waals surface area (Å²) >= 11 is 3.31. The summed E-state index contributed by atoms with van der Waals surface area (Å²) in [5.41, 5.74) is 4.27. The Bertz CT molecular complexity index is 1280. The van der Waals surface area contributed by atoms with Crippen molar-refractivity contribution in [2.24, 2.45) is 5.10 Å². The Balaban J connectivity index is 1.76. The van der Waals surface area contributed by atoms with Crippen molar-refractivity contribution in [3.8, 4) is 11.5 Å². The standard InChI is InChI=1S/C24H24BrN3O5S/c1-16-8-10-20(11-9-16)34(31,32)28-21(17-6-4-3-5-7-17)14-23(29)27-26-15-18-12-19(25)13-22(33-2)24(18)30/h3-13,15,21,28,30H,14H2,1-2H3,(H,27,29)/b26-15-/t21-/m1/s1. The van der Waals surface area contributed by atoms with Crippen molar-refractivity contribution in [1.82, 2.24) is 10.1 Å². The van der Waals surface area contributed by atoms with Gasteiger partial charge in [-0.15, -0.1) is 0 Å². The molecule has 0 bridgehead atoms. The third-order valence-electron chi connectivity index (χ3n) is 4.90. The second-order valence-electron chi connectivity index (χ2n) is 7.44. The minimum Gasteiger partial charge on any atom is -0.504 e. The lowest BCUT2D eigenvalue weighted by atomic mass is 10.0. The highest BCUT2D eigenvalue weighted by Gasteiger charge is 2.23. The normalized spacial score (nSPS) is 12.4. The smallest absolute Gasteiger partial charge is 0.242 e. The molecule has 1 atom stereocenters. The summed E-state index contributed by atoms with van der Waals surface area (Å²) in [5, 5.41) is 14.1. The Morgan fingerprint density at radius 3 is 2.47 bits per heavy atom. The van der Waals surface area contributed by atoms with E-state index in [1.807, 2.05) is 6.92 Å². The van der Waals surface area contributed by atoms with Gasteiger partial charge in [-0.1, -0.05) is 64.0 Å². The van der Waals surface area contributed by atoms with E-state index in [0.717, 1.165) is 5.56 Å². The number of aromatic hydroxyl groups is 1. The second kappa shape index (κ2) is 11.3. The summed E-state index contributed by atoms with van der Waals surface area (Å²) in [5.74, 6) is -0.397. The van der Waals surface area contributed by atoms with Gasteiger partial charge in [-0.05, 0) is 36.8 Å². The number of aryl methyl sites for hydroxylation is 1. The van der Waals surface area contributed by atoms with Crippen LogP contribution in [0.15, 0.2) is 81.2 Å². The monoisotopic (exact) mass is 545 g/mol. The second-order valence-corrected chi connectivity index (χ2v) is 10.1. The van der Waals surface area contributed by atoms with Crippen LogP contribution in [0.25, 0.3) is 0 Å². The molecule has 3 aromatic carbocycles. The van der Waals surface area contributed by atoms with Crippen LogP contribution >= 0.6 is 15.9 Å². The van der Waals surface area contributed by atoms with Crippen LogP contribution in [-0.2, 0) is 14.8 Å². The van der Waals surface area contributed by atoms with Crippen molar-refractivity contribution in [3.63, 3.8) is 0 Å². The van der Waals surface area contributed by atoms with Crippen LogP contribution in [0.3, 0.4) is 0 Å². The van der Waals surface area contributed by atoms with Crippen molar-refractivity contribution < 1.29 is 23.1 Å². The van der Waals surface area contributed by atoms with E-state index in [4.69, 9.17) is 4.74 Å². The number of halogens is 1. The molecule has 0 spiro atoms. The number of sulfonamides is 1. The SMILES string of the molecule is COc1cc(Br)cc(/C=N\NC(=O)C[C@@H](NS(=O)(=O)c2ccc(C)cc2)c2ccccc2)c1O. The van der Waals surface area contributed by atoms with E-state index in [9.17, 15) is 18.3 Å². The van der Waals surface area contributed by atoms with Crippen molar-refractivity contribution in [2.75, 3.05) is 7.11 Å². The molecule has 0 aliphatic carbocycles. The number of carbonyl (C=O) groups is 1. The summed E-state index contributed by atoms with van der Waals surface area (Å²) in [4.78, 5) is 12.7. The lowest BCUT2D eigenvalue weighted by Gasteiger charge is -2.18. The molecule has 0 saturated heterocycles. The minimum atomic E-state index is -3.87. The fraction of sp³-hybridized carbons (Fsp3) is 0.167. The molecule has 178 valence electrons. The fourth-order valence-corrected chi connectivity index (χ4v) is 4.82. The molecule has 0 radical (unpaired) electrons. The highest BCUT2D eigenvalue weighted by molar-refractivity contribution is 9.10. The molecular formula is C24H24BrN3O5S. The Kier molecular flexibility index (Phi) is 8.43. The molecule has 0 saturated carbocycles. The summed E-state index contributed by atoms with van der Waals surface area (Å²) in [6.45, 7) is 1.87. The number of hydrogen-bond acceptors (Lipinski definition) is 6. The van der Waals surface area contributed by atoms with Crippen LogP contribution < -0.4 is 14.9 Å². The van der Waals surface area contributed by atoms with Crippen LogP contribution in [0.5, 0.6) is 11.5 Å². The van der Waals surface area contributed by atoms with E-state index < -0.39 is 22.0 Å². The maximum atomic E-state index is 12.9. The molecule has 3 aromatic rings. The predicted molar refractivity (Wildman–Crippen MR) is 133 cm³/mol. The van der Waals surface area contributed by atoms with Gasteiger partial charge < -0.3 is 9.84 Å². The molecule has 0 heterocycles. The summed E-state index contributed by atoms with van der Waals surface area (Å²) in [6.07, 6.45) is 1.08. The van der Waals surface area contributed by atoms with E-state index in [-0.39, 0.29) is 22.8 Å². The molecule has 0 aliphatic heterocycles. The van der Waals surface area contributed by atoms with Crippen LogP contribution in [-0.4, -0.2) is 32.8 Å². The van der Waals surface area contributed by atoms with Gasteiger partial charge in [0.1, 0.15) is 0 Å². The lowest BCUT2D eigenvalue weighted by Crippen LogP contribution is -2.32. The molecule has 0 unspecified atom stereocenters. The molecule has 0 aliphatic rings. The first-order valence-corrected chi connectivity index (χ1v) is 12.5. The van der Waals surface area contributed by atoms with E-state index in [2.05, 4.69) is 31.2 Å². The average molecular weight is 546 g/mol. The third kappa shape index (κ3) is 6.66. The van der Waals surface area contributed by atoms with Crippen LogP contribution in [0.4, 0.5) is 0 Å². The Morgan fingerprint density at radius 1 is 1.15 bits per heavy atom. The quantitative estimate of drug-likeness (QED) is 0.277. The van der Waals surface area contributed by atoms with E-state index >= 15 is 0 Å². The predicted octanol–water partition coefficient (Wildman–Crippen LogP) is 4.03. The van der Waals surface area contributed by atoms with Gasteiger partial charge in [0, 0.05) is 16.5 Å². The maximum Gasteiger partial charge on any atom is 0.242 e. The molecule has 8 nitrogen and oxygen atoms in total. The largest absolute Gasteiger partial charge is 0.504 e. The number of carbonyl (C=O) groups excluding carboxylic acids is 1. The zero-order chi connectivity index (χ0) is 24.7. The van der Waals surface area contributed by atoms with Crippen molar-refractivity contribution in [1.29, 1.82) is 0 Å². The van der Waals surface area contributed by atoms with Crippen LogP contribution in [0.1, 0.15) is 29.2 Å². The van der Waals surface area contributed by atoms with Gasteiger partial charge in [0.25, 0.3) is 0 Å². The van der Waals surface area contributed by atoms with Crippen molar-refractivity contribution >= 4 is 38.1 Å². The summed E-state index contributed by atoms with van der Waals surface area (Å²) in [7, 11) is -2.45. The lowest BCUT2D eigenvalue weighted by molar-refractivity contribution is -0.121. The third-order valence-corrected chi connectivity index (χ3v) is 6.85. The van der Waals surface area contributed by atoms with Gasteiger partial charge in [0.2, 0.25) is 15.9 Å². The molecule has 34 heavy (non-hydrogen) atoms. The van der Waals surface area contributed by atoms with Crippen LogP contribution in [0.2, 0.25) is 0 Å². The number of hydrogen-bond donors (Lipinski definition) is 3. The zero-order valence-electron chi connectivity index (χ0n) is 18.5. The first kappa shape index (κ1) is 25.4. The molecular weight excluding hydrogens is 522 g/mol. The number of hydrazone groups is 1. The van der Waals surface area contributed by atoms with Gasteiger partial charge in [-0.3, -0.25) is 4.79 Å². The first-order chi connectivity index (χ1) is 16.2. The number of ether oxygens (including phenoxy) is 1. The first-order valence-electron chi connectivity index (χ1n) is 10.2. The number of amides is 1. The van der Waals surface area contributed by atoms with Crippen LogP contribution in [0, 0.1) is 6.92 Å². The number of methoxy groups -OCH3 is 1. The van der Waals surface area contributed by atoms with E-state index in [0.29, 0.717) is 15.6 Å². The van der Waals surface area contributed by atoms with Gasteiger partial charge in [0.05, 0.1) is 24.3 Å². The van der Waals surface area contributed by atoms with Gasteiger partial charge in [0.15, 0.2) is 11.5 Å². The fourth-order valence-electron chi connectivity index (χ4n) is 3.14. The highest BCUT2D eigenvalue weighted by atomic mass is 79.9. The molecule has 10 heteroatoms. The van der Waals surface area contributed by atoms with Crippen molar-refractivity contribution in [3.05, 3.63) is 87.9 Å². The minimum absolute atomic E-state index is 0.108. The number of rotatable bonds is 9. The van der Waals surface area contributed by atoms with Gasteiger partial charge in [-0.25, -0.2) is 18.6 Å². The van der Waals surface area contributed by atoms with E-state index in [1.54, 1.807) is 54.6 Å². The Labute approximate surface area is 206 Å². The average Bonchev–Trinajstić information content (AvgIpc) is 2.81.